The minimum absolute atomic E-state index is 0.108. The number of rotatable bonds is 9. The van der Waals surface area contributed by atoms with Gasteiger partial charge in [0.25, 0.3) is 0 Å². The third-order valence-corrected chi connectivity index (χ3v) is 3.11. The van der Waals surface area contributed by atoms with Crippen LogP contribution in [0, 0.1) is 5.41 Å². The summed E-state index contributed by atoms with van der Waals surface area (Å²) in [4.78, 5) is 26.3. The minimum Gasteiger partial charge on any atom is -0.353 e. The first kappa shape index (κ1) is 19.9. The van der Waals surface area contributed by atoms with Crippen molar-refractivity contribution < 1.29 is 9.59 Å². The maximum atomic E-state index is 12.2. The highest BCUT2D eigenvalue weighted by atomic mass is 16.2. The van der Waals surface area contributed by atoms with Gasteiger partial charge in [-0.25, -0.2) is 0 Å². The van der Waals surface area contributed by atoms with Crippen molar-refractivity contribution in [1.29, 1.82) is 0 Å². The highest BCUT2D eigenvalue weighted by Crippen LogP contribution is 2.14. The summed E-state index contributed by atoms with van der Waals surface area (Å²) in [6.07, 6.45) is 2.30. The van der Waals surface area contributed by atoms with Crippen LogP contribution in [-0.2, 0) is 9.59 Å². The van der Waals surface area contributed by atoms with E-state index in [-0.39, 0.29) is 11.8 Å². The lowest BCUT2D eigenvalue weighted by Crippen LogP contribution is -2.50. The van der Waals surface area contributed by atoms with Crippen LogP contribution < -0.4 is 16.4 Å². The fraction of sp³-hybridized carbons (Fsp3) is 0.867. The van der Waals surface area contributed by atoms with Crippen LogP contribution in [0.15, 0.2) is 0 Å². The Labute approximate surface area is 128 Å². The summed E-state index contributed by atoms with van der Waals surface area (Å²) in [6.45, 7) is 7.46. The van der Waals surface area contributed by atoms with E-state index in [1.807, 2.05) is 39.8 Å². The average molecular weight is 300 g/mol. The summed E-state index contributed by atoms with van der Waals surface area (Å²) in [5, 5.41) is 5.72. The Balaban J connectivity index is 4.49. The smallest absolute Gasteiger partial charge is 0.242 e. The monoisotopic (exact) mass is 300 g/mol. The molecule has 0 aliphatic carbocycles. The van der Waals surface area contributed by atoms with E-state index in [0.29, 0.717) is 19.5 Å². The van der Waals surface area contributed by atoms with Crippen molar-refractivity contribution >= 4 is 11.8 Å². The lowest BCUT2D eigenvalue weighted by Gasteiger charge is -2.24. The van der Waals surface area contributed by atoms with Crippen molar-refractivity contribution in [3.63, 3.8) is 0 Å². The molecule has 0 aromatic carbocycles. The van der Waals surface area contributed by atoms with Gasteiger partial charge in [-0.2, -0.15) is 0 Å². The maximum Gasteiger partial charge on any atom is 0.242 e. The first-order valence-electron chi connectivity index (χ1n) is 7.62. The number of nitrogens with two attached hydrogens (primary N) is 1. The number of hydrogen-bond acceptors (Lipinski definition) is 4. The molecule has 21 heavy (non-hydrogen) atoms. The molecule has 0 rings (SSSR count). The second kappa shape index (κ2) is 9.73. The summed E-state index contributed by atoms with van der Waals surface area (Å²) in [7, 11) is 3.90. The van der Waals surface area contributed by atoms with Gasteiger partial charge in [-0.3, -0.25) is 9.59 Å². The zero-order valence-corrected chi connectivity index (χ0v) is 14.2. The summed E-state index contributed by atoms with van der Waals surface area (Å²) in [5.41, 5.74) is 4.98. The molecule has 4 N–H and O–H groups in total. The number of nitrogens with one attached hydrogen (secondary N) is 2. The molecular formula is C15H32N4O2. The van der Waals surface area contributed by atoms with Gasteiger partial charge in [0.15, 0.2) is 0 Å². The molecule has 0 spiro atoms. The molecule has 124 valence electrons. The van der Waals surface area contributed by atoms with Crippen molar-refractivity contribution in [2.24, 2.45) is 11.1 Å². The number of unbranched alkanes of at least 4 members (excludes halogenated alkanes) is 1. The molecule has 0 radical (unpaired) electrons. The molecule has 2 amide bonds. The fourth-order valence-corrected chi connectivity index (χ4v) is 1.66. The van der Waals surface area contributed by atoms with Gasteiger partial charge in [-0.15, -0.1) is 0 Å². The minimum atomic E-state index is -0.504. The van der Waals surface area contributed by atoms with Crippen LogP contribution in [0.1, 0.15) is 40.0 Å². The second-order valence-corrected chi connectivity index (χ2v) is 6.65. The highest BCUT2D eigenvalue weighted by Gasteiger charge is 2.27. The van der Waals surface area contributed by atoms with E-state index in [2.05, 4.69) is 10.6 Å². The number of nitrogens with zero attached hydrogens (tertiary/aromatic N) is 1. The van der Waals surface area contributed by atoms with Gasteiger partial charge in [0.1, 0.15) is 6.04 Å². The van der Waals surface area contributed by atoms with E-state index in [9.17, 15) is 9.59 Å². The van der Waals surface area contributed by atoms with E-state index in [1.165, 1.54) is 0 Å². The average Bonchev–Trinajstić information content (AvgIpc) is 2.35. The molecule has 0 fully saturated rings. The van der Waals surface area contributed by atoms with Crippen LogP contribution in [-0.4, -0.2) is 56.5 Å². The van der Waals surface area contributed by atoms with Crippen LogP contribution in [0.25, 0.3) is 0 Å². The molecule has 0 saturated carbocycles. The van der Waals surface area contributed by atoms with Crippen molar-refractivity contribution in [1.82, 2.24) is 15.5 Å². The maximum absolute atomic E-state index is 12.2. The molecule has 1 atom stereocenters. The lowest BCUT2D eigenvalue weighted by atomic mass is 9.94. The van der Waals surface area contributed by atoms with Gasteiger partial charge >= 0.3 is 0 Å². The summed E-state index contributed by atoms with van der Waals surface area (Å²) >= 11 is 0. The van der Waals surface area contributed by atoms with Gasteiger partial charge in [-0.1, -0.05) is 20.8 Å². The number of likely N-dealkylation sites (N-methyl/N-ethyl adjacent to an activating group) is 1. The predicted molar refractivity (Wildman–Crippen MR) is 85.9 cm³/mol. The van der Waals surface area contributed by atoms with Gasteiger partial charge in [-0.05, 0) is 39.9 Å². The van der Waals surface area contributed by atoms with Gasteiger partial charge in [0, 0.05) is 18.5 Å². The molecular weight excluding hydrogens is 268 g/mol. The zero-order valence-electron chi connectivity index (χ0n) is 14.2. The van der Waals surface area contributed by atoms with Crippen molar-refractivity contribution in [3.05, 3.63) is 0 Å². The highest BCUT2D eigenvalue weighted by molar-refractivity contribution is 5.89. The normalized spacial score (nSPS) is 13.1. The number of carbonyl (C=O) groups is 2. The predicted octanol–water partition coefficient (Wildman–Crippen LogP) is 0.324. The molecule has 0 aromatic heterocycles. The Bertz CT molecular complexity index is 324. The van der Waals surface area contributed by atoms with Crippen LogP contribution in [0.5, 0.6) is 0 Å². The first-order valence-corrected chi connectivity index (χ1v) is 7.62. The zero-order chi connectivity index (χ0) is 16.5. The molecule has 0 aromatic rings. The second-order valence-electron chi connectivity index (χ2n) is 6.65. The van der Waals surface area contributed by atoms with Crippen molar-refractivity contribution in [2.75, 3.05) is 33.7 Å². The molecule has 0 saturated heterocycles. The largest absolute Gasteiger partial charge is 0.353 e. The molecule has 0 aliphatic rings. The van der Waals surface area contributed by atoms with E-state index in [0.717, 1.165) is 19.4 Å². The van der Waals surface area contributed by atoms with E-state index < -0.39 is 11.5 Å². The standard InChI is InChI=1S/C15H32N4O2/c1-15(2,3)14(21)18-12(8-6-7-9-16)13(20)17-10-11-19(4)5/h12H,6-11,16H2,1-5H3,(H,17,20)(H,18,21). The van der Waals surface area contributed by atoms with Crippen LogP contribution in [0.4, 0.5) is 0 Å². The Kier molecular flexibility index (Phi) is 9.21. The molecule has 0 heterocycles. The third kappa shape index (κ3) is 9.42. The van der Waals surface area contributed by atoms with E-state index >= 15 is 0 Å². The summed E-state index contributed by atoms with van der Waals surface area (Å²) < 4.78 is 0. The Morgan fingerprint density at radius 3 is 2.29 bits per heavy atom. The van der Waals surface area contributed by atoms with E-state index in [1.54, 1.807) is 0 Å². The molecule has 6 heteroatoms. The van der Waals surface area contributed by atoms with Crippen LogP contribution in [0.3, 0.4) is 0 Å². The first-order chi connectivity index (χ1) is 9.68. The van der Waals surface area contributed by atoms with Gasteiger partial charge in [0.2, 0.25) is 11.8 Å². The molecule has 6 nitrogen and oxygen atoms in total. The number of amides is 2. The summed E-state index contributed by atoms with van der Waals surface area (Å²) in [6, 6.07) is -0.481. The quantitative estimate of drug-likeness (QED) is 0.535. The Morgan fingerprint density at radius 1 is 1.19 bits per heavy atom. The van der Waals surface area contributed by atoms with Crippen molar-refractivity contribution in [3.8, 4) is 0 Å². The van der Waals surface area contributed by atoms with Crippen LogP contribution >= 0.6 is 0 Å². The summed E-state index contributed by atoms with van der Waals surface area (Å²) in [5.74, 6) is -0.227. The molecule has 0 aliphatic heterocycles. The number of carbonyl (C=O) groups excluding carboxylic acids is 2. The third-order valence-electron chi connectivity index (χ3n) is 3.11. The number of hydrogen-bond donors (Lipinski definition) is 3. The Morgan fingerprint density at radius 2 is 1.81 bits per heavy atom. The topological polar surface area (TPSA) is 87.5 Å². The Hall–Kier alpha value is -1.14. The molecule has 0 bridgehead atoms. The molecule has 1 unspecified atom stereocenters. The lowest BCUT2D eigenvalue weighted by molar-refractivity contribution is -0.133. The van der Waals surface area contributed by atoms with Crippen molar-refractivity contribution in [2.45, 2.75) is 46.1 Å². The van der Waals surface area contributed by atoms with E-state index in [4.69, 9.17) is 5.73 Å². The SMILES string of the molecule is CN(C)CCNC(=O)C(CCCCN)NC(=O)C(C)(C)C. The van der Waals surface area contributed by atoms with Gasteiger partial charge < -0.3 is 21.3 Å². The van der Waals surface area contributed by atoms with Crippen LogP contribution in [0.2, 0.25) is 0 Å². The van der Waals surface area contributed by atoms with Gasteiger partial charge in [0.05, 0.1) is 0 Å². The fourth-order valence-electron chi connectivity index (χ4n) is 1.66.